The van der Waals surface area contributed by atoms with Gasteiger partial charge in [0.1, 0.15) is 0 Å². The molecule has 0 fully saturated rings. The van der Waals surface area contributed by atoms with Crippen molar-refractivity contribution in [1.29, 1.82) is 0 Å². The monoisotopic (exact) mass is 318 g/mol. The molecule has 0 radical (unpaired) electrons. The first-order valence-corrected chi connectivity index (χ1v) is 8.22. The number of ether oxygens (including phenoxy) is 1. The first kappa shape index (κ1) is 17.6. The van der Waals surface area contributed by atoms with Gasteiger partial charge in [-0.1, -0.05) is 5.21 Å². The molecule has 0 saturated carbocycles. The highest BCUT2D eigenvalue weighted by Crippen LogP contribution is 2.17. The van der Waals surface area contributed by atoms with E-state index >= 15 is 0 Å². The van der Waals surface area contributed by atoms with Crippen molar-refractivity contribution in [2.24, 2.45) is 5.73 Å². The second-order valence-electron chi connectivity index (χ2n) is 5.57. The van der Waals surface area contributed by atoms with Crippen LogP contribution in [0.5, 0.6) is 0 Å². The topological polar surface area (TPSA) is 117 Å². The molecular formula is C12H22N4O4S. The number of rotatable bonds is 6. The third-order valence-electron chi connectivity index (χ3n) is 3.10. The molecule has 1 rings (SSSR count). The molecule has 1 heterocycles. The third-order valence-corrected chi connectivity index (χ3v) is 5.69. The van der Waals surface area contributed by atoms with Crippen molar-refractivity contribution in [3.05, 3.63) is 11.4 Å². The summed E-state index contributed by atoms with van der Waals surface area (Å²) in [5, 5.41) is 7.59. The van der Waals surface area contributed by atoms with Gasteiger partial charge in [0.25, 0.3) is 0 Å². The summed E-state index contributed by atoms with van der Waals surface area (Å²) < 4.78 is 29.4. The fourth-order valence-electron chi connectivity index (χ4n) is 1.66. The van der Waals surface area contributed by atoms with Crippen LogP contribution in [0.4, 0.5) is 0 Å². The van der Waals surface area contributed by atoms with Crippen molar-refractivity contribution in [1.82, 2.24) is 15.0 Å². The van der Waals surface area contributed by atoms with E-state index in [-0.39, 0.29) is 18.0 Å². The van der Waals surface area contributed by atoms with E-state index in [9.17, 15) is 13.2 Å². The summed E-state index contributed by atoms with van der Waals surface area (Å²) in [5.74, 6) is -0.693. The molecule has 120 valence electrons. The van der Waals surface area contributed by atoms with Crippen molar-refractivity contribution < 1.29 is 17.9 Å². The fraction of sp³-hybridized carbons (Fsp3) is 0.750. The summed E-state index contributed by atoms with van der Waals surface area (Å²) in [4.78, 5) is 11.6. The molecular weight excluding hydrogens is 296 g/mol. The Kier molecular flexibility index (Phi) is 5.46. The first-order valence-electron chi connectivity index (χ1n) is 6.57. The summed E-state index contributed by atoms with van der Waals surface area (Å²) in [7, 11) is -2.03. The maximum Gasteiger partial charge on any atom is 0.360 e. The molecule has 8 nitrogen and oxygen atoms in total. The van der Waals surface area contributed by atoms with Crippen LogP contribution in [0.1, 0.15) is 37.0 Å². The van der Waals surface area contributed by atoms with Crippen LogP contribution >= 0.6 is 0 Å². The van der Waals surface area contributed by atoms with Crippen molar-refractivity contribution >= 4 is 15.8 Å². The van der Waals surface area contributed by atoms with Crippen LogP contribution in [-0.2, 0) is 27.5 Å². The highest BCUT2D eigenvalue weighted by Gasteiger charge is 2.29. The van der Waals surface area contributed by atoms with Gasteiger partial charge in [0.05, 0.1) is 29.8 Å². The average Bonchev–Trinajstić information content (AvgIpc) is 2.78. The Labute approximate surface area is 124 Å². The Bertz CT molecular complexity index is 601. The standard InChI is InChI=1S/C12H22N4O4S/c1-12(2,3)21(18,19)8-7-16-9(5-6-13)10(14-15-16)11(17)20-4/h5-8,13H2,1-4H3. The number of methoxy groups -OCH3 is 1. The van der Waals surface area contributed by atoms with E-state index in [0.717, 1.165) is 0 Å². The molecule has 0 aromatic carbocycles. The molecule has 0 bridgehead atoms. The number of carbonyl (C=O) groups is 1. The highest BCUT2D eigenvalue weighted by molar-refractivity contribution is 7.92. The number of nitrogens with zero attached hydrogens (tertiary/aromatic N) is 3. The summed E-state index contributed by atoms with van der Waals surface area (Å²) in [6, 6.07) is 0. The number of aryl methyl sites for hydroxylation is 1. The van der Waals surface area contributed by atoms with Gasteiger partial charge < -0.3 is 10.5 Å². The van der Waals surface area contributed by atoms with Crippen molar-refractivity contribution in [3.63, 3.8) is 0 Å². The Balaban J connectivity index is 3.00. The number of nitrogens with two attached hydrogens (primary N) is 1. The zero-order valence-electron chi connectivity index (χ0n) is 12.8. The van der Waals surface area contributed by atoms with Crippen LogP contribution in [0, 0.1) is 0 Å². The molecule has 0 saturated heterocycles. The van der Waals surface area contributed by atoms with Gasteiger partial charge in [-0.3, -0.25) is 0 Å². The highest BCUT2D eigenvalue weighted by atomic mass is 32.2. The molecule has 0 aliphatic rings. The predicted molar refractivity (Wildman–Crippen MR) is 77.7 cm³/mol. The largest absolute Gasteiger partial charge is 0.464 e. The zero-order chi connectivity index (χ0) is 16.3. The lowest BCUT2D eigenvalue weighted by Crippen LogP contribution is -2.32. The lowest BCUT2D eigenvalue weighted by Gasteiger charge is -2.19. The van der Waals surface area contributed by atoms with E-state index < -0.39 is 20.6 Å². The van der Waals surface area contributed by atoms with E-state index in [2.05, 4.69) is 15.0 Å². The van der Waals surface area contributed by atoms with Crippen LogP contribution < -0.4 is 5.73 Å². The quantitative estimate of drug-likeness (QED) is 0.720. The second kappa shape index (κ2) is 6.52. The minimum atomic E-state index is -3.28. The zero-order valence-corrected chi connectivity index (χ0v) is 13.6. The predicted octanol–water partition coefficient (Wildman–Crippen LogP) is -0.221. The number of sulfone groups is 1. The van der Waals surface area contributed by atoms with Crippen molar-refractivity contribution in [2.75, 3.05) is 19.4 Å². The van der Waals surface area contributed by atoms with Crippen LogP contribution in [0.2, 0.25) is 0 Å². The van der Waals surface area contributed by atoms with Crippen LogP contribution in [0.15, 0.2) is 0 Å². The Hall–Kier alpha value is -1.48. The van der Waals surface area contributed by atoms with Gasteiger partial charge in [-0.05, 0) is 27.3 Å². The van der Waals surface area contributed by atoms with Gasteiger partial charge in [0.2, 0.25) is 0 Å². The molecule has 0 atom stereocenters. The first-order chi connectivity index (χ1) is 9.64. The fourth-order valence-corrected chi connectivity index (χ4v) is 2.69. The number of aromatic nitrogens is 3. The SMILES string of the molecule is COC(=O)c1nnn(CCS(=O)(=O)C(C)(C)C)c1CCN. The Morgan fingerprint density at radius 2 is 2.00 bits per heavy atom. The summed E-state index contributed by atoms with van der Waals surface area (Å²) in [6.07, 6.45) is 0.368. The smallest absolute Gasteiger partial charge is 0.360 e. The summed E-state index contributed by atoms with van der Waals surface area (Å²) in [6.45, 7) is 5.35. The second-order valence-corrected chi connectivity index (χ2v) is 8.43. The van der Waals surface area contributed by atoms with Gasteiger partial charge in [0.15, 0.2) is 15.5 Å². The maximum atomic E-state index is 12.1. The number of hydrogen-bond acceptors (Lipinski definition) is 7. The Morgan fingerprint density at radius 3 is 2.48 bits per heavy atom. The molecule has 9 heteroatoms. The van der Waals surface area contributed by atoms with Crippen LogP contribution in [0.25, 0.3) is 0 Å². The van der Waals surface area contributed by atoms with Gasteiger partial charge in [-0.15, -0.1) is 5.10 Å². The molecule has 1 aromatic heterocycles. The van der Waals surface area contributed by atoms with Gasteiger partial charge in [-0.2, -0.15) is 0 Å². The number of hydrogen-bond donors (Lipinski definition) is 1. The molecule has 0 spiro atoms. The van der Waals surface area contributed by atoms with Crippen LogP contribution in [-0.4, -0.2) is 53.5 Å². The van der Waals surface area contributed by atoms with Crippen LogP contribution in [0.3, 0.4) is 0 Å². The van der Waals surface area contributed by atoms with Crippen molar-refractivity contribution in [3.8, 4) is 0 Å². The lowest BCUT2D eigenvalue weighted by atomic mass is 10.2. The molecule has 1 aromatic rings. The molecule has 0 aliphatic heterocycles. The third kappa shape index (κ3) is 4.01. The summed E-state index contributed by atoms with van der Waals surface area (Å²) >= 11 is 0. The average molecular weight is 318 g/mol. The van der Waals surface area contributed by atoms with E-state index in [1.807, 2.05) is 0 Å². The van der Waals surface area contributed by atoms with E-state index in [4.69, 9.17) is 5.73 Å². The summed E-state index contributed by atoms with van der Waals surface area (Å²) in [5.41, 5.74) is 6.08. The van der Waals surface area contributed by atoms with Gasteiger partial charge in [0, 0.05) is 6.42 Å². The molecule has 0 aliphatic carbocycles. The molecule has 0 amide bonds. The van der Waals surface area contributed by atoms with E-state index in [1.54, 1.807) is 20.8 Å². The molecule has 2 N–H and O–H groups in total. The van der Waals surface area contributed by atoms with Crippen molar-refractivity contribution in [2.45, 2.75) is 38.5 Å². The molecule has 21 heavy (non-hydrogen) atoms. The Morgan fingerprint density at radius 1 is 1.38 bits per heavy atom. The normalized spacial score (nSPS) is 12.4. The molecule has 0 unspecified atom stereocenters. The lowest BCUT2D eigenvalue weighted by molar-refractivity contribution is 0.0592. The number of esters is 1. The minimum absolute atomic E-state index is 0.0797. The van der Waals surface area contributed by atoms with E-state index in [1.165, 1.54) is 11.8 Å². The van der Waals surface area contributed by atoms with Gasteiger partial charge >= 0.3 is 5.97 Å². The maximum absolute atomic E-state index is 12.1. The minimum Gasteiger partial charge on any atom is -0.464 e. The number of carbonyl (C=O) groups excluding carboxylic acids is 1. The van der Waals surface area contributed by atoms with E-state index in [0.29, 0.717) is 18.7 Å². The van der Waals surface area contributed by atoms with Gasteiger partial charge in [-0.25, -0.2) is 17.9 Å².